The van der Waals surface area contributed by atoms with E-state index in [0.29, 0.717) is 12.3 Å². The van der Waals surface area contributed by atoms with E-state index in [0.717, 1.165) is 25.9 Å². The summed E-state index contributed by atoms with van der Waals surface area (Å²) in [4.78, 5) is 12.9. The topological polar surface area (TPSA) is 59.5 Å². The van der Waals surface area contributed by atoms with Gasteiger partial charge in [0.05, 0.1) is 17.7 Å². The Morgan fingerprint density at radius 2 is 2.21 bits per heavy atom. The van der Waals surface area contributed by atoms with E-state index >= 15 is 0 Å². The van der Waals surface area contributed by atoms with Gasteiger partial charge in [-0.15, -0.1) is 0 Å². The predicted molar refractivity (Wildman–Crippen MR) is 73.1 cm³/mol. The Balaban J connectivity index is 1.96. The van der Waals surface area contributed by atoms with Crippen LogP contribution in [0, 0.1) is 10.1 Å². The second kappa shape index (κ2) is 6.89. The highest BCUT2D eigenvalue weighted by molar-refractivity contribution is 5.44. The van der Waals surface area contributed by atoms with E-state index in [1.54, 1.807) is 36.6 Å². The average molecular weight is 262 g/mol. The predicted octanol–water partition coefficient (Wildman–Crippen LogP) is 2.94. The number of furan rings is 1. The summed E-state index contributed by atoms with van der Waals surface area (Å²) in [5.41, 5.74) is 0.227. The minimum atomic E-state index is -0.304. The van der Waals surface area contributed by atoms with Crippen LogP contribution in [0.4, 0.5) is 0 Å². The standard InChI is InChI=1S/C14H18N2O3/c17-16(18)13(12-15-9-2-1-3-10-15)6-4-7-14-8-5-11-19-14/h4-8,11H,1-3,9-10,12H2/b7-4+,13-6-. The molecule has 0 saturated carbocycles. The fraction of sp³-hybridized carbons (Fsp3) is 0.429. The van der Waals surface area contributed by atoms with Crippen molar-refractivity contribution in [3.63, 3.8) is 0 Å². The van der Waals surface area contributed by atoms with E-state index < -0.39 is 0 Å². The van der Waals surface area contributed by atoms with Crippen molar-refractivity contribution in [3.8, 4) is 0 Å². The van der Waals surface area contributed by atoms with Crippen molar-refractivity contribution < 1.29 is 9.34 Å². The minimum absolute atomic E-state index is 0.227. The smallest absolute Gasteiger partial charge is 0.260 e. The lowest BCUT2D eigenvalue weighted by Crippen LogP contribution is -2.32. The Bertz CT molecular complexity index is 457. The number of allylic oxidation sites excluding steroid dienone is 2. The Morgan fingerprint density at radius 3 is 2.84 bits per heavy atom. The molecule has 1 aliphatic rings. The third-order valence-corrected chi connectivity index (χ3v) is 3.16. The molecule has 0 spiro atoms. The average Bonchev–Trinajstić information content (AvgIpc) is 2.92. The summed E-state index contributed by atoms with van der Waals surface area (Å²) in [5.74, 6) is 0.692. The zero-order chi connectivity index (χ0) is 13.5. The van der Waals surface area contributed by atoms with Crippen LogP contribution in [0.25, 0.3) is 6.08 Å². The van der Waals surface area contributed by atoms with Crippen molar-refractivity contribution in [2.24, 2.45) is 0 Å². The van der Waals surface area contributed by atoms with Crippen LogP contribution in [-0.4, -0.2) is 29.5 Å². The number of nitro groups is 1. The largest absolute Gasteiger partial charge is 0.465 e. The molecule has 0 unspecified atom stereocenters. The van der Waals surface area contributed by atoms with E-state index in [-0.39, 0.29) is 10.6 Å². The first-order valence-corrected chi connectivity index (χ1v) is 6.53. The number of piperidine rings is 1. The molecule has 0 N–H and O–H groups in total. The van der Waals surface area contributed by atoms with Crippen LogP contribution in [0.5, 0.6) is 0 Å². The van der Waals surface area contributed by atoms with Gasteiger partial charge in [0, 0.05) is 6.08 Å². The van der Waals surface area contributed by atoms with Crippen molar-refractivity contribution in [2.45, 2.75) is 19.3 Å². The maximum atomic E-state index is 11.0. The Hall–Kier alpha value is -1.88. The van der Waals surface area contributed by atoms with Gasteiger partial charge < -0.3 is 4.42 Å². The van der Waals surface area contributed by atoms with Crippen molar-refractivity contribution >= 4 is 6.08 Å². The molecule has 2 heterocycles. The van der Waals surface area contributed by atoms with E-state index in [2.05, 4.69) is 4.90 Å². The first-order chi connectivity index (χ1) is 9.25. The number of rotatable bonds is 5. The van der Waals surface area contributed by atoms with Gasteiger partial charge in [-0.1, -0.05) is 12.5 Å². The molecule has 2 rings (SSSR count). The number of hydrogen-bond donors (Lipinski definition) is 0. The number of nitrogens with zero attached hydrogens (tertiary/aromatic N) is 2. The van der Waals surface area contributed by atoms with E-state index in [1.807, 2.05) is 0 Å². The van der Waals surface area contributed by atoms with E-state index in [9.17, 15) is 10.1 Å². The van der Waals surface area contributed by atoms with Gasteiger partial charge in [0.2, 0.25) is 0 Å². The maximum absolute atomic E-state index is 11.0. The van der Waals surface area contributed by atoms with Gasteiger partial charge in [0.15, 0.2) is 0 Å². The molecule has 19 heavy (non-hydrogen) atoms. The van der Waals surface area contributed by atoms with Crippen molar-refractivity contribution in [2.75, 3.05) is 19.6 Å². The van der Waals surface area contributed by atoms with Gasteiger partial charge in [-0.05, 0) is 44.1 Å². The summed E-state index contributed by atoms with van der Waals surface area (Å²) in [5, 5.41) is 11.0. The summed E-state index contributed by atoms with van der Waals surface area (Å²) in [6.45, 7) is 2.32. The van der Waals surface area contributed by atoms with E-state index in [4.69, 9.17) is 4.42 Å². The zero-order valence-corrected chi connectivity index (χ0v) is 10.8. The van der Waals surface area contributed by atoms with Crippen LogP contribution in [0.3, 0.4) is 0 Å². The fourth-order valence-corrected chi connectivity index (χ4v) is 2.16. The molecule has 102 valence electrons. The first kappa shape index (κ1) is 13.5. The molecule has 0 amide bonds. The molecule has 1 fully saturated rings. The molecular formula is C14H18N2O3. The van der Waals surface area contributed by atoms with Gasteiger partial charge in [-0.25, -0.2) is 0 Å². The zero-order valence-electron chi connectivity index (χ0n) is 10.8. The molecule has 1 saturated heterocycles. The molecule has 5 heteroatoms. The fourth-order valence-electron chi connectivity index (χ4n) is 2.16. The van der Waals surface area contributed by atoms with Crippen molar-refractivity contribution in [3.05, 3.63) is 52.1 Å². The monoisotopic (exact) mass is 262 g/mol. The maximum Gasteiger partial charge on any atom is 0.260 e. The second-order valence-electron chi connectivity index (χ2n) is 4.63. The van der Waals surface area contributed by atoms with Crippen LogP contribution in [0.1, 0.15) is 25.0 Å². The molecular weight excluding hydrogens is 244 g/mol. The Kier molecular flexibility index (Phi) is 4.92. The third kappa shape index (κ3) is 4.37. The molecule has 0 aliphatic carbocycles. The summed E-state index contributed by atoms with van der Waals surface area (Å²) < 4.78 is 5.13. The van der Waals surface area contributed by atoms with Gasteiger partial charge in [0.1, 0.15) is 5.76 Å². The summed E-state index contributed by atoms with van der Waals surface area (Å²) in [6, 6.07) is 3.59. The SMILES string of the molecule is O=[N+]([O-])/C(=C\C=C\c1ccco1)CN1CCCCC1. The summed E-state index contributed by atoms with van der Waals surface area (Å²) in [7, 11) is 0. The van der Waals surface area contributed by atoms with Crippen molar-refractivity contribution in [1.82, 2.24) is 4.90 Å². The lowest BCUT2D eigenvalue weighted by molar-refractivity contribution is -0.428. The molecule has 0 radical (unpaired) electrons. The Morgan fingerprint density at radius 1 is 1.42 bits per heavy atom. The van der Waals surface area contributed by atoms with E-state index in [1.165, 1.54) is 6.42 Å². The normalized spacial score (nSPS) is 18.0. The minimum Gasteiger partial charge on any atom is -0.465 e. The van der Waals surface area contributed by atoms with Crippen molar-refractivity contribution in [1.29, 1.82) is 0 Å². The second-order valence-corrected chi connectivity index (χ2v) is 4.63. The van der Waals surface area contributed by atoms with Gasteiger partial charge >= 0.3 is 0 Å². The van der Waals surface area contributed by atoms with Crippen LogP contribution in [0.2, 0.25) is 0 Å². The highest BCUT2D eigenvalue weighted by Crippen LogP contribution is 2.11. The Labute approximate surface area is 112 Å². The highest BCUT2D eigenvalue weighted by atomic mass is 16.6. The molecule has 0 bridgehead atoms. The summed E-state index contributed by atoms with van der Waals surface area (Å²) >= 11 is 0. The van der Waals surface area contributed by atoms with Crippen LogP contribution in [-0.2, 0) is 0 Å². The molecule has 0 atom stereocenters. The third-order valence-electron chi connectivity index (χ3n) is 3.16. The van der Waals surface area contributed by atoms with Gasteiger partial charge in [-0.2, -0.15) is 0 Å². The van der Waals surface area contributed by atoms with Gasteiger partial charge in [-0.3, -0.25) is 15.0 Å². The lowest BCUT2D eigenvalue weighted by atomic mass is 10.1. The molecule has 1 aromatic heterocycles. The first-order valence-electron chi connectivity index (χ1n) is 6.53. The summed E-state index contributed by atoms with van der Waals surface area (Å²) in [6.07, 6.45) is 10.0. The molecule has 5 nitrogen and oxygen atoms in total. The van der Waals surface area contributed by atoms with Crippen LogP contribution < -0.4 is 0 Å². The molecule has 0 aromatic carbocycles. The number of hydrogen-bond acceptors (Lipinski definition) is 4. The molecule has 1 aromatic rings. The molecule has 1 aliphatic heterocycles. The number of likely N-dealkylation sites (tertiary alicyclic amines) is 1. The quantitative estimate of drug-likeness (QED) is 0.465. The van der Waals surface area contributed by atoms with Crippen LogP contribution in [0.15, 0.2) is 40.7 Å². The lowest BCUT2D eigenvalue weighted by Gasteiger charge is -2.24. The highest BCUT2D eigenvalue weighted by Gasteiger charge is 2.17. The van der Waals surface area contributed by atoms with Crippen LogP contribution >= 0.6 is 0 Å². The van der Waals surface area contributed by atoms with Gasteiger partial charge in [0.25, 0.3) is 5.70 Å².